The van der Waals surface area contributed by atoms with Crippen LogP contribution in [0.25, 0.3) is 0 Å². The summed E-state index contributed by atoms with van der Waals surface area (Å²) in [6, 6.07) is 0.353. The van der Waals surface area contributed by atoms with Gasteiger partial charge in [-0.25, -0.2) is 0 Å². The molecule has 1 N–H and O–H groups in total. The molecule has 0 aromatic rings. The number of nitrogens with one attached hydrogen (secondary N) is 1. The normalized spacial score (nSPS) is 21.5. The molecule has 0 bridgehead atoms. The quantitative estimate of drug-likeness (QED) is 0.811. The summed E-state index contributed by atoms with van der Waals surface area (Å²) in [6.07, 6.45) is 1.66. The summed E-state index contributed by atoms with van der Waals surface area (Å²) in [4.78, 5) is 14.0. The van der Waals surface area contributed by atoms with Crippen LogP contribution in [0, 0.1) is 5.41 Å². The van der Waals surface area contributed by atoms with E-state index in [4.69, 9.17) is 0 Å². The number of nitrogens with zero attached hydrogens (tertiary/aromatic N) is 1. The minimum absolute atomic E-state index is 0. The van der Waals surface area contributed by atoms with E-state index in [0.717, 1.165) is 26.1 Å². The molecule has 1 aliphatic rings. The lowest BCUT2D eigenvalue weighted by molar-refractivity contribution is -0.134. The smallest absolute Gasteiger partial charge is 0.222 e. The molecule has 0 unspecified atom stereocenters. The van der Waals surface area contributed by atoms with Gasteiger partial charge < -0.3 is 10.2 Å². The highest BCUT2D eigenvalue weighted by molar-refractivity contribution is 5.85. The molecule has 1 saturated heterocycles. The summed E-state index contributed by atoms with van der Waals surface area (Å²) in [5.41, 5.74) is 0.257. The van der Waals surface area contributed by atoms with E-state index < -0.39 is 0 Å². The number of piperazine rings is 1. The number of carbonyl (C=O) groups is 1. The van der Waals surface area contributed by atoms with E-state index in [1.165, 1.54) is 0 Å². The molecule has 0 aromatic heterocycles. The second-order valence-corrected chi connectivity index (χ2v) is 5.70. The third-order valence-electron chi connectivity index (χ3n) is 2.91. The Morgan fingerprint density at radius 1 is 1.44 bits per heavy atom. The molecule has 1 fully saturated rings. The molecule has 96 valence electrons. The van der Waals surface area contributed by atoms with Gasteiger partial charge in [0.15, 0.2) is 0 Å². The molecule has 0 spiro atoms. The maximum absolute atomic E-state index is 12.0. The van der Waals surface area contributed by atoms with Crippen molar-refractivity contribution in [3.05, 3.63) is 0 Å². The molecule has 3 nitrogen and oxygen atoms in total. The fourth-order valence-corrected chi connectivity index (χ4v) is 1.84. The van der Waals surface area contributed by atoms with E-state index in [1.54, 1.807) is 0 Å². The first-order valence-corrected chi connectivity index (χ1v) is 5.90. The number of halogens is 1. The monoisotopic (exact) mass is 248 g/mol. The molecule has 1 amide bonds. The Bertz CT molecular complexity index is 226. The van der Waals surface area contributed by atoms with E-state index in [2.05, 4.69) is 33.0 Å². The summed E-state index contributed by atoms with van der Waals surface area (Å²) in [5.74, 6) is 0.318. The van der Waals surface area contributed by atoms with Crippen molar-refractivity contribution in [3.8, 4) is 0 Å². The van der Waals surface area contributed by atoms with Gasteiger partial charge in [-0.3, -0.25) is 4.79 Å². The van der Waals surface area contributed by atoms with Crippen molar-refractivity contribution in [2.75, 3.05) is 19.6 Å². The highest BCUT2D eigenvalue weighted by atomic mass is 35.5. The van der Waals surface area contributed by atoms with Crippen LogP contribution in [-0.4, -0.2) is 36.5 Å². The molecule has 1 atom stereocenters. The first-order valence-electron chi connectivity index (χ1n) is 5.90. The van der Waals surface area contributed by atoms with Crippen LogP contribution in [-0.2, 0) is 4.79 Å². The molecule has 4 heteroatoms. The molecular weight excluding hydrogens is 224 g/mol. The predicted octanol–water partition coefficient (Wildman–Crippen LogP) is 2.05. The lowest BCUT2D eigenvalue weighted by Crippen LogP contribution is -2.52. The second-order valence-electron chi connectivity index (χ2n) is 5.70. The van der Waals surface area contributed by atoms with E-state index in [-0.39, 0.29) is 17.8 Å². The third kappa shape index (κ3) is 5.17. The first kappa shape index (κ1) is 15.7. The van der Waals surface area contributed by atoms with Crippen LogP contribution >= 0.6 is 12.4 Å². The van der Waals surface area contributed by atoms with Crippen LogP contribution in [0.3, 0.4) is 0 Å². The highest BCUT2D eigenvalue weighted by Crippen LogP contribution is 2.21. The number of hydrogen-bond acceptors (Lipinski definition) is 2. The molecular formula is C12H25ClN2O. The lowest BCUT2D eigenvalue weighted by Gasteiger charge is -2.34. The SMILES string of the molecule is C[C@H]1CNCCN1C(=O)CCC(C)(C)C.Cl. The zero-order chi connectivity index (χ0) is 11.5. The Morgan fingerprint density at radius 2 is 2.06 bits per heavy atom. The van der Waals surface area contributed by atoms with Crippen molar-refractivity contribution in [2.45, 2.75) is 46.6 Å². The van der Waals surface area contributed by atoms with E-state index in [1.807, 2.05) is 4.90 Å². The number of carbonyl (C=O) groups excluding carboxylic acids is 1. The standard InChI is InChI=1S/C12H24N2O.ClH/c1-10-9-13-7-8-14(10)11(15)5-6-12(2,3)4;/h10,13H,5-9H2,1-4H3;1H/t10-;/m0./s1. The first-order chi connectivity index (χ1) is 6.90. The maximum atomic E-state index is 12.0. The van der Waals surface area contributed by atoms with Gasteiger partial charge in [-0.1, -0.05) is 20.8 Å². The summed E-state index contributed by atoms with van der Waals surface area (Å²) in [5, 5.41) is 3.30. The van der Waals surface area contributed by atoms with Crippen molar-refractivity contribution < 1.29 is 4.79 Å². The zero-order valence-electron chi connectivity index (χ0n) is 10.9. The summed E-state index contributed by atoms with van der Waals surface area (Å²) in [6.45, 7) is 11.4. The molecule has 0 aliphatic carbocycles. The molecule has 0 saturated carbocycles. The largest absolute Gasteiger partial charge is 0.337 e. The minimum Gasteiger partial charge on any atom is -0.337 e. The highest BCUT2D eigenvalue weighted by Gasteiger charge is 2.23. The minimum atomic E-state index is 0. The Kier molecular flexibility index (Phi) is 6.34. The maximum Gasteiger partial charge on any atom is 0.222 e. The molecule has 16 heavy (non-hydrogen) atoms. The number of amides is 1. The average molecular weight is 249 g/mol. The molecule has 0 radical (unpaired) electrons. The summed E-state index contributed by atoms with van der Waals surface area (Å²) in [7, 11) is 0. The van der Waals surface area contributed by atoms with Crippen molar-refractivity contribution in [3.63, 3.8) is 0 Å². The lowest BCUT2D eigenvalue weighted by atomic mass is 9.90. The topological polar surface area (TPSA) is 32.3 Å². The average Bonchev–Trinajstić information content (AvgIpc) is 2.14. The fraction of sp³-hybridized carbons (Fsp3) is 0.917. The van der Waals surface area contributed by atoms with Gasteiger partial charge in [0.1, 0.15) is 0 Å². The predicted molar refractivity (Wildman–Crippen MR) is 70.0 cm³/mol. The van der Waals surface area contributed by atoms with E-state index >= 15 is 0 Å². The van der Waals surface area contributed by atoms with Crippen LogP contribution in [0.1, 0.15) is 40.5 Å². The van der Waals surface area contributed by atoms with Crippen molar-refractivity contribution in [1.82, 2.24) is 10.2 Å². The Hall–Kier alpha value is -0.280. The second kappa shape index (κ2) is 6.45. The van der Waals surface area contributed by atoms with Crippen molar-refractivity contribution >= 4 is 18.3 Å². The van der Waals surface area contributed by atoms with Gasteiger partial charge in [-0.05, 0) is 18.8 Å². The Labute approximate surface area is 105 Å². The van der Waals surface area contributed by atoms with Gasteiger partial charge in [-0.15, -0.1) is 12.4 Å². The van der Waals surface area contributed by atoms with Crippen molar-refractivity contribution in [2.24, 2.45) is 5.41 Å². The molecule has 0 aromatic carbocycles. The van der Waals surface area contributed by atoms with Gasteiger partial charge >= 0.3 is 0 Å². The van der Waals surface area contributed by atoms with Gasteiger partial charge in [0.2, 0.25) is 5.91 Å². The van der Waals surface area contributed by atoms with Crippen LogP contribution in [0.2, 0.25) is 0 Å². The Balaban J connectivity index is 0.00000225. The van der Waals surface area contributed by atoms with E-state index in [9.17, 15) is 4.79 Å². The summed E-state index contributed by atoms with van der Waals surface area (Å²) < 4.78 is 0. The van der Waals surface area contributed by atoms with Crippen molar-refractivity contribution in [1.29, 1.82) is 0 Å². The number of rotatable bonds is 2. The summed E-state index contributed by atoms with van der Waals surface area (Å²) >= 11 is 0. The van der Waals surface area contributed by atoms with Gasteiger partial charge in [-0.2, -0.15) is 0 Å². The van der Waals surface area contributed by atoms with E-state index in [0.29, 0.717) is 18.4 Å². The van der Waals surface area contributed by atoms with Gasteiger partial charge in [0, 0.05) is 32.1 Å². The van der Waals surface area contributed by atoms with Crippen LogP contribution in [0.5, 0.6) is 0 Å². The van der Waals surface area contributed by atoms with Gasteiger partial charge in [0.25, 0.3) is 0 Å². The van der Waals surface area contributed by atoms with Crippen LogP contribution < -0.4 is 5.32 Å². The van der Waals surface area contributed by atoms with Crippen LogP contribution in [0.4, 0.5) is 0 Å². The molecule has 1 aliphatic heterocycles. The third-order valence-corrected chi connectivity index (χ3v) is 2.91. The molecule has 1 heterocycles. The fourth-order valence-electron chi connectivity index (χ4n) is 1.84. The zero-order valence-corrected chi connectivity index (χ0v) is 11.7. The Morgan fingerprint density at radius 3 is 2.56 bits per heavy atom. The number of hydrogen-bond donors (Lipinski definition) is 1. The van der Waals surface area contributed by atoms with Gasteiger partial charge in [0.05, 0.1) is 0 Å². The van der Waals surface area contributed by atoms with Crippen LogP contribution in [0.15, 0.2) is 0 Å². The molecule has 1 rings (SSSR count).